The topological polar surface area (TPSA) is 48.4 Å². The van der Waals surface area contributed by atoms with Gasteiger partial charge in [0.15, 0.2) is 0 Å². The lowest BCUT2D eigenvalue weighted by molar-refractivity contribution is 0.0519. The number of benzene rings is 1. The minimum Gasteiger partial charge on any atom is -0.493 e. The number of aromatic nitrogens is 1. The van der Waals surface area contributed by atoms with Crippen molar-refractivity contribution in [3.63, 3.8) is 0 Å². The molecule has 0 amide bonds. The molecule has 0 saturated heterocycles. The number of ether oxygens (including phenoxy) is 2. The first-order chi connectivity index (χ1) is 11.7. The van der Waals surface area contributed by atoms with Crippen LogP contribution in [0.3, 0.4) is 0 Å². The molecular formula is C19H20ClNO3. The molecule has 3 rings (SSSR count). The highest BCUT2D eigenvalue weighted by molar-refractivity contribution is 6.30. The second-order valence-corrected chi connectivity index (χ2v) is 6.35. The molecule has 0 atom stereocenters. The summed E-state index contributed by atoms with van der Waals surface area (Å²) >= 11 is 6.13. The normalized spacial score (nSPS) is 13.6. The van der Waals surface area contributed by atoms with Gasteiger partial charge in [0.25, 0.3) is 0 Å². The molecule has 1 aliphatic rings. The van der Waals surface area contributed by atoms with Crippen LogP contribution in [0.5, 0.6) is 5.75 Å². The molecule has 1 fully saturated rings. The molecule has 0 unspecified atom stereocenters. The van der Waals surface area contributed by atoms with Crippen LogP contribution >= 0.6 is 11.6 Å². The number of pyridine rings is 1. The maximum atomic E-state index is 11.8. The largest absolute Gasteiger partial charge is 0.493 e. The summed E-state index contributed by atoms with van der Waals surface area (Å²) < 4.78 is 10.9. The first-order valence-electron chi connectivity index (χ1n) is 8.20. The Morgan fingerprint density at radius 3 is 2.88 bits per heavy atom. The SMILES string of the molecule is CCOC(=O)c1cccc(Cc2cc(Cl)ccc2OCC2CC2)n1. The summed E-state index contributed by atoms with van der Waals surface area (Å²) in [5.74, 6) is 1.10. The molecule has 126 valence electrons. The van der Waals surface area contributed by atoms with E-state index in [9.17, 15) is 4.79 Å². The molecule has 1 heterocycles. The van der Waals surface area contributed by atoms with Crippen LogP contribution in [0.1, 0.15) is 41.5 Å². The second kappa shape index (κ2) is 7.67. The number of esters is 1. The fraction of sp³-hybridized carbons (Fsp3) is 0.368. The summed E-state index contributed by atoms with van der Waals surface area (Å²) in [4.78, 5) is 16.2. The zero-order valence-corrected chi connectivity index (χ0v) is 14.4. The molecule has 24 heavy (non-hydrogen) atoms. The molecule has 0 spiro atoms. The Balaban J connectivity index is 1.78. The van der Waals surface area contributed by atoms with Gasteiger partial charge in [0.05, 0.1) is 13.2 Å². The van der Waals surface area contributed by atoms with E-state index < -0.39 is 5.97 Å². The van der Waals surface area contributed by atoms with E-state index in [0.717, 1.165) is 23.6 Å². The minimum absolute atomic E-state index is 0.317. The van der Waals surface area contributed by atoms with Crippen molar-refractivity contribution in [3.05, 3.63) is 58.4 Å². The molecule has 1 saturated carbocycles. The third kappa shape index (κ3) is 4.48. The van der Waals surface area contributed by atoms with Gasteiger partial charge in [-0.2, -0.15) is 0 Å². The van der Waals surface area contributed by atoms with Crippen molar-refractivity contribution in [2.24, 2.45) is 5.92 Å². The minimum atomic E-state index is -0.407. The molecule has 0 bridgehead atoms. The second-order valence-electron chi connectivity index (χ2n) is 5.92. The molecule has 1 aromatic carbocycles. The van der Waals surface area contributed by atoms with Crippen molar-refractivity contribution >= 4 is 17.6 Å². The van der Waals surface area contributed by atoms with Gasteiger partial charge in [0, 0.05) is 22.7 Å². The number of nitrogens with zero attached hydrogens (tertiary/aromatic N) is 1. The van der Waals surface area contributed by atoms with Crippen molar-refractivity contribution < 1.29 is 14.3 Å². The Hall–Kier alpha value is -2.07. The highest BCUT2D eigenvalue weighted by Crippen LogP contribution is 2.31. The van der Waals surface area contributed by atoms with Crippen LogP contribution in [0.2, 0.25) is 5.02 Å². The van der Waals surface area contributed by atoms with E-state index in [1.54, 1.807) is 13.0 Å². The highest BCUT2D eigenvalue weighted by atomic mass is 35.5. The Bertz CT molecular complexity index is 728. The Morgan fingerprint density at radius 2 is 2.12 bits per heavy atom. The summed E-state index contributed by atoms with van der Waals surface area (Å²) in [6.07, 6.45) is 3.03. The molecule has 1 aliphatic carbocycles. The molecule has 5 heteroatoms. The zero-order chi connectivity index (χ0) is 16.9. The summed E-state index contributed by atoms with van der Waals surface area (Å²) in [7, 11) is 0. The van der Waals surface area contributed by atoms with Crippen LogP contribution in [0, 0.1) is 5.92 Å². The summed E-state index contributed by atoms with van der Waals surface area (Å²) in [6.45, 7) is 2.85. The van der Waals surface area contributed by atoms with Gasteiger partial charge in [0.1, 0.15) is 11.4 Å². The molecule has 0 N–H and O–H groups in total. The maximum absolute atomic E-state index is 11.8. The first kappa shape index (κ1) is 16.8. The first-order valence-corrected chi connectivity index (χ1v) is 8.57. The van der Waals surface area contributed by atoms with Gasteiger partial charge >= 0.3 is 5.97 Å². The van der Waals surface area contributed by atoms with E-state index >= 15 is 0 Å². The van der Waals surface area contributed by atoms with Gasteiger partial charge in [-0.25, -0.2) is 9.78 Å². The van der Waals surface area contributed by atoms with Crippen LogP contribution in [-0.2, 0) is 11.2 Å². The molecular weight excluding hydrogens is 326 g/mol. The standard InChI is InChI=1S/C19H20ClNO3/c1-2-23-19(22)17-5-3-4-16(21-17)11-14-10-15(20)8-9-18(14)24-12-13-6-7-13/h3-5,8-10,13H,2,6-7,11-12H2,1H3. The van der Waals surface area contributed by atoms with Crippen LogP contribution in [0.4, 0.5) is 0 Å². The van der Waals surface area contributed by atoms with E-state index in [1.807, 2.05) is 30.3 Å². The van der Waals surface area contributed by atoms with Crippen molar-refractivity contribution in [1.82, 2.24) is 4.98 Å². The van der Waals surface area contributed by atoms with E-state index in [2.05, 4.69) is 4.98 Å². The molecule has 0 radical (unpaired) electrons. The number of hydrogen-bond donors (Lipinski definition) is 0. The fourth-order valence-corrected chi connectivity index (χ4v) is 2.61. The van der Waals surface area contributed by atoms with Gasteiger partial charge in [-0.05, 0) is 56.0 Å². The van der Waals surface area contributed by atoms with Crippen molar-refractivity contribution in [2.75, 3.05) is 13.2 Å². The van der Waals surface area contributed by atoms with Crippen molar-refractivity contribution in [2.45, 2.75) is 26.2 Å². The lowest BCUT2D eigenvalue weighted by Gasteiger charge is -2.12. The predicted octanol–water partition coefficient (Wildman–Crippen LogP) is 4.29. The predicted molar refractivity (Wildman–Crippen MR) is 92.7 cm³/mol. The van der Waals surface area contributed by atoms with Crippen LogP contribution in [0.25, 0.3) is 0 Å². The van der Waals surface area contributed by atoms with E-state index in [0.29, 0.717) is 29.7 Å². The van der Waals surface area contributed by atoms with Crippen LogP contribution in [0.15, 0.2) is 36.4 Å². The molecule has 2 aromatic rings. The lowest BCUT2D eigenvalue weighted by Crippen LogP contribution is -2.09. The van der Waals surface area contributed by atoms with E-state index in [4.69, 9.17) is 21.1 Å². The average molecular weight is 346 g/mol. The number of halogens is 1. The summed E-state index contributed by atoms with van der Waals surface area (Å²) in [5, 5.41) is 0.658. The van der Waals surface area contributed by atoms with Crippen molar-refractivity contribution in [1.29, 1.82) is 0 Å². The molecule has 1 aromatic heterocycles. The number of hydrogen-bond acceptors (Lipinski definition) is 4. The van der Waals surface area contributed by atoms with E-state index in [1.165, 1.54) is 12.8 Å². The van der Waals surface area contributed by atoms with Gasteiger partial charge in [-0.15, -0.1) is 0 Å². The maximum Gasteiger partial charge on any atom is 0.356 e. The quantitative estimate of drug-likeness (QED) is 0.702. The highest BCUT2D eigenvalue weighted by Gasteiger charge is 2.22. The Labute approximate surface area is 146 Å². The third-order valence-electron chi connectivity index (χ3n) is 3.86. The monoisotopic (exact) mass is 345 g/mol. The fourth-order valence-electron chi connectivity index (χ4n) is 2.41. The summed E-state index contributed by atoms with van der Waals surface area (Å²) in [5.41, 5.74) is 2.06. The molecule has 4 nitrogen and oxygen atoms in total. The van der Waals surface area contributed by atoms with Gasteiger partial charge in [-0.1, -0.05) is 17.7 Å². The van der Waals surface area contributed by atoms with Gasteiger partial charge in [-0.3, -0.25) is 0 Å². The summed E-state index contributed by atoms with van der Waals surface area (Å²) in [6, 6.07) is 11.0. The lowest BCUT2D eigenvalue weighted by atomic mass is 10.1. The average Bonchev–Trinajstić information content (AvgIpc) is 3.39. The smallest absolute Gasteiger partial charge is 0.356 e. The zero-order valence-electron chi connectivity index (χ0n) is 13.6. The van der Waals surface area contributed by atoms with Crippen molar-refractivity contribution in [3.8, 4) is 5.75 Å². The molecule has 0 aliphatic heterocycles. The third-order valence-corrected chi connectivity index (χ3v) is 4.09. The Morgan fingerprint density at radius 1 is 1.29 bits per heavy atom. The van der Waals surface area contributed by atoms with Gasteiger partial charge < -0.3 is 9.47 Å². The van der Waals surface area contributed by atoms with E-state index in [-0.39, 0.29) is 0 Å². The number of carbonyl (C=O) groups is 1. The van der Waals surface area contributed by atoms with Gasteiger partial charge in [0.2, 0.25) is 0 Å². The van der Waals surface area contributed by atoms with Crippen LogP contribution in [-0.4, -0.2) is 24.2 Å². The number of rotatable bonds is 7. The number of carbonyl (C=O) groups excluding carboxylic acids is 1. The Kier molecular flexibility index (Phi) is 5.36. The van der Waals surface area contributed by atoms with Crippen LogP contribution < -0.4 is 4.74 Å².